The zero-order chi connectivity index (χ0) is 26.7. The summed E-state index contributed by atoms with van der Waals surface area (Å²) < 4.78 is 5.18. The predicted molar refractivity (Wildman–Crippen MR) is 140 cm³/mol. The minimum atomic E-state index is -0.569. The van der Waals surface area contributed by atoms with Crippen molar-refractivity contribution in [3.05, 3.63) is 58.7 Å². The van der Waals surface area contributed by atoms with Gasteiger partial charge in [-0.1, -0.05) is 35.4 Å². The fourth-order valence-corrected chi connectivity index (χ4v) is 3.60. The van der Waals surface area contributed by atoms with E-state index in [0.29, 0.717) is 25.3 Å². The molecule has 10 heteroatoms. The number of amides is 2. The summed E-state index contributed by atoms with van der Waals surface area (Å²) in [5, 5.41) is 6.43. The van der Waals surface area contributed by atoms with Gasteiger partial charge in [0.1, 0.15) is 17.5 Å². The Kier molecular flexibility index (Phi) is 11.1. The van der Waals surface area contributed by atoms with Crippen molar-refractivity contribution < 1.29 is 19.1 Å². The van der Waals surface area contributed by atoms with Crippen LogP contribution in [-0.2, 0) is 25.7 Å². The van der Waals surface area contributed by atoms with Crippen LogP contribution in [0.25, 0.3) is 0 Å². The van der Waals surface area contributed by atoms with Crippen molar-refractivity contribution in [2.45, 2.75) is 58.7 Å². The number of likely N-dealkylation sites (tertiary alicyclic amines) is 1. The van der Waals surface area contributed by atoms with Crippen LogP contribution in [0.1, 0.15) is 44.7 Å². The van der Waals surface area contributed by atoms with Gasteiger partial charge in [0.15, 0.2) is 0 Å². The monoisotopic (exact) mass is 517 g/mol. The lowest BCUT2D eigenvalue weighted by atomic mass is 10.2. The number of ether oxygens (including phenoxy) is 1. The molecular weight excluding hydrogens is 482 g/mol. The van der Waals surface area contributed by atoms with E-state index >= 15 is 0 Å². The summed E-state index contributed by atoms with van der Waals surface area (Å²) in [6.07, 6.45) is 2.98. The molecule has 0 saturated carbocycles. The Balaban J connectivity index is 0.000000482. The first-order valence-electron chi connectivity index (χ1n) is 11.9. The van der Waals surface area contributed by atoms with Crippen LogP contribution in [0.15, 0.2) is 42.6 Å². The Hall–Kier alpha value is -3.17. The first-order valence-corrected chi connectivity index (χ1v) is 12.2. The molecule has 1 aromatic carbocycles. The fourth-order valence-electron chi connectivity index (χ4n) is 3.47. The fraction of sp³-hybridized carbons (Fsp3) is 0.462. The van der Waals surface area contributed by atoms with Gasteiger partial charge in [-0.2, -0.15) is 0 Å². The summed E-state index contributed by atoms with van der Waals surface area (Å²) in [6.45, 7) is 8.15. The summed E-state index contributed by atoms with van der Waals surface area (Å²) in [6, 6.07) is 10.7. The van der Waals surface area contributed by atoms with Gasteiger partial charge in [0.2, 0.25) is 11.8 Å². The van der Waals surface area contributed by atoms with Crippen LogP contribution in [0, 0.1) is 6.92 Å². The molecule has 2 heterocycles. The number of halogens is 1. The van der Waals surface area contributed by atoms with Gasteiger partial charge in [0.05, 0.1) is 13.1 Å². The number of aromatic nitrogens is 1. The van der Waals surface area contributed by atoms with Crippen LogP contribution >= 0.6 is 11.6 Å². The maximum absolute atomic E-state index is 12.5. The van der Waals surface area contributed by atoms with Gasteiger partial charge in [0, 0.05) is 24.3 Å². The molecule has 4 N–H and O–H groups in total. The van der Waals surface area contributed by atoms with Gasteiger partial charge in [0.25, 0.3) is 0 Å². The topological polar surface area (TPSA) is 127 Å². The van der Waals surface area contributed by atoms with Crippen LogP contribution in [0.5, 0.6) is 0 Å². The maximum atomic E-state index is 12.5. The number of rotatable bonds is 7. The molecule has 1 aliphatic heterocycles. The highest BCUT2D eigenvalue weighted by Gasteiger charge is 2.33. The molecule has 1 atom stereocenters. The molecule has 0 bridgehead atoms. The summed E-state index contributed by atoms with van der Waals surface area (Å²) in [5.41, 5.74) is 7.05. The first-order chi connectivity index (χ1) is 16.9. The Morgan fingerprint density at radius 2 is 1.83 bits per heavy atom. The molecule has 36 heavy (non-hydrogen) atoms. The Labute approximate surface area is 217 Å². The second kappa shape index (κ2) is 13.8. The molecule has 1 fully saturated rings. The Morgan fingerprint density at radius 1 is 1.14 bits per heavy atom. The number of esters is 1. The van der Waals surface area contributed by atoms with Crippen molar-refractivity contribution in [2.24, 2.45) is 0 Å². The number of nitrogens with one attached hydrogen (secondary N) is 2. The average Bonchev–Trinajstić information content (AvgIpc) is 3.30. The zero-order valence-corrected chi connectivity index (χ0v) is 22.1. The normalized spacial score (nSPS) is 15.0. The Morgan fingerprint density at radius 3 is 2.42 bits per heavy atom. The van der Waals surface area contributed by atoms with Crippen LogP contribution in [-0.4, -0.2) is 58.9 Å². The standard InChI is InChI=1S/C19H29N5O4.C7H7Cl/c1-19(2,3)28-17(26)12-21-11-16(25)24-8-4-5-14(24)18(27)23-10-13-6-7-15(20)22-9-13;1-6-2-4-7(8)5-3-6/h6-7,9,14,21H,4-5,8,10-12H2,1-3H3,(H2,20,22)(H,23,27);2-5H,1H3. The van der Waals surface area contributed by atoms with E-state index in [1.807, 2.05) is 31.2 Å². The van der Waals surface area contributed by atoms with E-state index in [9.17, 15) is 14.4 Å². The van der Waals surface area contributed by atoms with Gasteiger partial charge in [-0.05, 0) is 64.3 Å². The summed E-state index contributed by atoms with van der Waals surface area (Å²) in [5.74, 6) is -0.417. The van der Waals surface area contributed by atoms with Gasteiger partial charge in [-0.3, -0.25) is 19.7 Å². The highest BCUT2D eigenvalue weighted by atomic mass is 35.5. The number of anilines is 1. The van der Waals surface area contributed by atoms with E-state index in [-0.39, 0.29) is 24.9 Å². The summed E-state index contributed by atoms with van der Waals surface area (Å²) >= 11 is 5.61. The zero-order valence-electron chi connectivity index (χ0n) is 21.3. The van der Waals surface area contributed by atoms with Crippen LogP contribution in [0.4, 0.5) is 5.82 Å². The summed E-state index contributed by atoms with van der Waals surface area (Å²) in [7, 11) is 0. The lowest BCUT2D eigenvalue weighted by Gasteiger charge is -2.24. The van der Waals surface area contributed by atoms with E-state index < -0.39 is 17.6 Å². The third kappa shape index (κ3) is 10.6. The summed E-state index contributed by atoms with van der Waals surface area (Å²) in [4.78, 5) is 42.2. The van der Waals surface area contributed by atoms with Crippen molar-refractivity contribution in [3.8, 4) is 0 Å². The van der Waals surface area contributed by atoms with Crippen molar-refractivity contribution in [3.63, 3.8) is 0 Å². The molecule has 3 rings (SSSR count). The highest BCUT2D eigenvalue weighted by molar-refractivity contribution is 6.30. The number of hydrogen-bond acceptors (Lipinski definition) is 7. The van der Waals surface area contributed by atoms with E-state index in [0.717, 1.165) is 17.0 Å². The van der Waals surface area contributed by atoms with Crippen molar-refractivity contribution in [1.82, 2.24) is 20.5 Å². The molecule has 0 aliphatic carbocycles. The maximum Gasteiger partial charge on any atom is 0.320 e. The molecule has 9 nitrogen and oxygen atoms in total. The van der Waals surface area contributed by atoms with Crippen molar-refractivity contribution in [2.75, 3.05) is 25.4 Å². The SMILES string of the molecule is CC(C)(C)OC(=O)CNCC(=O)N1CCCC1C(=O)NCc1ccc(N)nc1.Cc1ccc(Cl)cc1. The predicted octanol–water partition coefficient (Wildman–Crippen LogP) is 2.85. The second-order valence-corrected chi connectivity index (χ2v) is 9.98. The van der Waals surface area contributed by atoms with Crippen molar-refractivity contribution in [1.29, 1.82) is 0 Å². The Bertz CT molecular complexity index is 985. The third-order valence-corrected chi connectivity index (χ3v) is 5.42. The van der Waals surface area contributed by atoms with E-state index in [4.69, 9.17) is 22.1 Å². The third-order valence-electron chi connectivity index (χ3n) is 5.17. The number of aryl methyl sites for hydroxylation is 1. The van der Waals surface area contributed by atoms with Crippen molar-refractivity contribution >= 4 is 35.2 Å². The van der Waals surface area contributed by atoms with E-state index in [1.165, 1.54) is 5.56 Å². The molecule has 0 spiro atoms. The lowest BCUT2D eigenvalue weighted by molar-refractivity contribution is -0.153. The van der Waals surface area contributed by atoms with Gasteiger partial charge in [-0.25, -0.2) is 4.98 Å². The largest absolute Gasteiger partial charge is 0.459 e. The first kappa shape index (κ1) is 29.1. The number of nitrogens with two attached hydrogens (primary N) is 1. The molecule has 0 radical (unpaired) electrons. The number of nitrogen functional groups attached to an aromatic ring is 1. The van der Waals surface area contributed by atoms with E-state index in [2.05, 4.69) is 15.6 Å². The molecule has 2 amide bonds. The number of benzene rings is 1. The van der Waals surface area contributed by atoms with Gasteiger partial charge >= 0.3 is 5.97 Å². The average molecular weight is 518 g/mol. The molecule has 196 valence electrons. The molecular formula is C26H36ClN5O4. The number of hydrogen-bond donors (Lipinski definition) is 3. The second-order valence-electron chi connectivity index (χ2n) is 9.54. The van der Waals surface area contributed by atoms with Gasteiger partial charge in [-0.15, -0.1) is 0 Å². The number of pyridine rings is 1. The highest BCUT2D eigenvalue weighted by Crippen LogP contribution is 2.17. The number of nitrogens with zero attached hydrogens (tertiary/aromatic N) is 2. The molecule has 2 aromatic rings. The smallest absolute Gasteiger partial charge is 0.320 e. The lowest BCUT2D eigenvalue weighted by Crippen LogP contribution is -2.48. The van der Waals surface area contributed by atoms with Crippen LogP contribution in [0.3, 0.4) is 0 Å². The number of carbonyl (C=O) groups is 3. The molecule has 1 unspecified atom stereocenters. The minimum Gasteiger partial charge on any atom is -0.459 e. The minimum absolute atomic E-state index is 0.0229. The molecule has 1 aliphatic rings. The van der Waals surface area contributed by atoms with Crippen LogP contribution < -0.4 is 16.4 Å². The van der Waals surface area contributed by atoms with Gasteiger partial charge < -0.3 is 20.7 Å². The molecule has 1 saturated heterocycles. The van der Waals surface area contributed by atoms with E-state index in [1.54, 1.807) is 44.0 Å². The van der Waals surface area contributed by atoms with Crippen LogP contribution in [0.2, 0.25) is 5.02 Å². The quantitative estimate of drug-likeness (QED) is 0.482. The number of carbonyl (C=O) groups excluding carboxylic acids is 3. The molecule has 1 aromatic heterocycles.